The van der Waals surface area contributed by atoms with Crippen LogP contribution >= 0.6 is 0 Å². The minimum absolute atomic E-state index is 0.194. The van der Waals surface area contributed by atoms with Crippen molar-refractivity contribution < 1.29 is 32.6 Å². The van der Waals surface area contributed by atoms with Crippen molar-refractivity contribution in [2.45, 2.75) is 20.4 Å². The smallest absolute Gasteiger partial charge is 0.341 e. The molecule has 0 bridgehead atoms. The lowest BCUT2D eigenvalue weighted by atomic mass is 10.1. The predicted octanol–water partition coefficient (Wildman–Crippen LogP) is 4.20. The first-order chi connectivity index (χ1) is 14.8. The second-order valence-electron chi connectivity index (χ2n) is 7.18. The van der Waals surface area contributed by atoms with Crippen molar-refractivity contribution in [1.82, 2.24) is 4.57 Å². The van der Waals surface area contributed by atoms with Crippen molar-refractivity contribution in [2.75, 3.05) is 13.4 Å². The largest absolute Gasteiger partial charge is 0.454 e. The molecule has 0 fully saturated rings. The quantitative estimate of drug-likeness (QED) is 0.436. The van der Waals surface area contributed by atoms with Gasteiger partial charge in [-0.3, -0.25) is 4.79 Å². The van der Waals surface area contributed by atoms with Gasteiger partial charge in [-0.15, -0.1) is 0 Å². The van der Waals surface area contributed by atoms with E-state index in [1.807, 2.05) is 29.7 Å². The molecule has 2 heterocycles. The van der Waals surface area contributed by atoms with Gasteiger partial charge in [0.15, 0.2) is 18.1 Å². The van der Waals surface area contributed by atoms with Gasteiger partial charge < -0.3 is 18.8 Å². The van der Waals surface area contributed by atoms with Crippen molar-refractivity contribution in [3.8, 4) is 11.5 Å². The second-order valence-corrected chi connectivity index (χ2v) is 7.18. The van der Waals surface area contributed by atoms with Crippen molar-refractivity contribution in [2.24, 2.45) is 0 Å². The number of halogens is 2. The fourth-order valence-electron chi connectivity index (χ4n) is 3.49. The number of carbonyl (C=O) groups excluding carboxylic acids is 2. The zero-order valence-electron chi connectivity index (χ0n) is 16.9. The van der Waals surface area contributed by atoms with Crippen LogP contribution in [0.2, 0.25) is 0 Å². The molecule has 31 heavy (non-hydrogen) atoms. The number of Topliss-reactive ketones (excluding diaryl/α,β-unsaturated/α-hetero) is 1. The lowest BCUT2D eigenvalue weighted by Gasteiger charge is -2.11. The molecule has 0 saturated carbocycles. The fourth-order valence-corrected chi connectivity index (χ4v) is 3.49. The minimum Gasteiger partial charge on any atom is -0.454 e. The number of nitrogens with zero attached hydrogens (tertiary/aromatic N) is 1. The predicted molar refractivity (Wildman–Crippen MR) is 107 cm³/mol. The number of hydrogen-bond acceptors (Lipinski definition) is 5. The summed E-state index contributed by atoms with van der Waals surface area (Å²) < 4.78 is 44.3. The van der Waals surface area contributed by atoms with Crippen molar-refractivity contribution in [3.05, 3.63) is 82.2 Å². The van der Waals surface area contributed by atoms with Gasteiger partial charge in [-0.2, -0.15) is 0 Å². The Morgan fingerprint density at radius 1 is 1.00 bits per heavy atom. The highest BCUT2D eigenvalue weighted by Gasteiger charge is 2.20. The van der Waals surface area contributed by atoms with E-state index in [2.05, 4.69) is 0 Å². The molecule has 0 saturated heterocycles. The number of aromatic nitrogens is 1. The van der Waals surface area contributed by atoms with E-state index in [0.717, 1.165) is 23.4 Å². The Hall–Kier alpha value is -3.68. The van der Waals surface area contributed by atoms with Crippen molar-refractivity contribution >= 4 is 11.8 Å². The standard InChI is InChI=1S/C23H19F2NO5/c1-13-7-18(20(27)11-29-23(28)17-5-4-16(24)9-19(17)25)14(2)26(13)10-15-3-6-21-22(8-15)31-12-30-21/h3-9H,10-12H2,1-2H3. The number of fused-ring (bicyclic) bond motifs is 1. The molecule has 2 aromatic carbocycles. The van der Waals surface area contributed by atoms with Gasteiger partial charge >= 0.3 is 5.97 Å². The maximum absolute atomic E-state index is 13.7. The maximum atomic E-state index is 13.7. The van der Waals surface area contributed by atoms with Crippen molar-refractivity contribution in [1.29, 1.82) is 0 Å². The molecular weight excluding hydrogens is 408 g/mol. The summed E-state index contributed by atoms with van der Waals surface area (Å²) in [5, 5.41) is 0. The molecule has 4 rings (SSSR count). The lowest BCUT2D eigenvalue weighted by Crippen LogP contribution is -2.16. The molecule has 0 atom stereocenters. The van der Waals surface area contributed by atoms with E-state index in [4.69, 9.17) is 14.2 Å². The first-order valence-corrected chi connectivity index (χ1v) is 9.54. The molecule has 3 aromatic rings. The Morgan fingerprint density at radius 2 is 1.77 bits per heavy atom. The summed E-state index contributed by atoms with van der Waals surface area (Å²) >= 11 is 0. The highest BCUT2D eigenvalue weighted by molar-refractivity contribution is 6.00. The Labute approximate surface area is 177 Å². The topological polar surface area (TPSA) is 66.8 Å². The second kappa shape index (κ2) is 8.22. The first-order valence-electron chi connectivity index (χ1n) is 9.54. The van der Waals surface area contributed by atoms with Crippen LogP contribution in [0, 0.1) is 25.5 Å². The molecule has 0 aliphatic carbocycles. The SMILES string of the molecule is Cc1cc(C(=O)COC(=O)c2ccc(F)cc2F)c(C)n1Cc1ccc2c(c1)OCO2. The van der Waals surface area contributed by atoms with Crippen LogP contribution in [0.3, 0.4) is 0 Å². The molecule has 1 aromatic heterocycles. The van der Waals surface area contributed by atoms with Crippen molar-refractivity contribution in [3.63, 3.8) is 0 Å². The minimum atomic E-state index is -1.04. The van der Waals surface area contributed by atoms with E-state index in [0.29, 0.717) is 35.4 Å². The van der Waals surface area contributed by atoms with Gasteiger partial charge in [0, 0.05) is 29.6 Å². The molecule has 0 unspecified atom stereocenters. The van der Waals surface area contributed by atoms with Crippen LogP contribution in [0.4, 0.5) is 8.78 Å². The summed E-state index contributed by atoms with van der Waals surface area (Å²) in [6.07, 6.45) is 0. The molecule has 1 aliphatic heterocycles. The van der Waals surface area contributed by atoms with Gasteiger partial charge in [0.25, 0.3) is 0 Å². The average molecular weight is 427 g/mol. The first kappa shape index (κ1) is 20.6. The zero-order chi connectivity index (χ0) is 22.1. The monoisotopic (exact) mass is 427 g/mol. The highest BCUT2D eigenvalue weighted by atomic mass is 19.1. The summed E-state index contributed by atoms with van der Waals surface area (Å²) in [4.78, 5) is 24.7. The van der Waals surface area contributed by atoms with Gasteiger partial charge in [0.1, 0.15) is 11.6 Å². The third-order valence-electron chi connectivity index (χ3n) is 5.14. The summed E-state index contributed by atoms with van der Waals surface area (Å²) in [5.41, 5.74) is 2.52. The van der Waals surface area contributed by atoms with Crippen LogP contribution in [0.15, 0.2) is 42.5 Å². The number of ether oxygens (including phenoxy) is 3. The Balaban J connectivity index is 1.46. The van der Waals surface area contributed by atoms with Gasteiger partial charge in [-0.25, -0.2) is 13.6 Å². The molecule has 8 heteroatoms. The molecule has 6 nitrogen and oxygen atoms in total. The summed E-state index contributed by atoms with van der Waals surface area (Å²) in [5.74, 6) is -1.92. The van der Waals surface area contributed by atoms with Crippen LogP contribution < -0.4 is 9.47 Å². The molecule has 0 N–H and O–H groups in total. The number of esters is 1. The molecular formula is C23H19F2NO5. The van der Waals surface area contributed by atoms with Gasteiger partial charge in [-0.1, -0.05) is 6.07 Å². The Bertz CT molecular complexity index is 1180. The lowest BCUT2D eigenvalue weighted by molar-refractivity contribution is 0.0469. The Morgan fingerprint density at radius 3 is 2.55 bits per heavy atom. The maximum Gasteiger partial charge on any atom is 0.341 e. The number of benzene rings is 2. The van der Waals surface area contributed by atoms with Crippen LogP contribution in [-0.4, -0.2) is 29.7 Å². The number of carbonyl (C=O) groups is 2. The zero-order valence-corrected chi connectivity index (χ0v) is 16.9. The van der Waals surface area contributed by atoms with E-state index >= 15 is 0 Å². The van der Waals surface area contributed by atoms with E-state index < -0.39 is 35.6 Å². The number of rotatable bonds is 6. The molecule has 0 radical (unpaired) electrons. The van der Waals surface area contributed by atoms with Crippen LogP contribution in [-0.2, 0) is 11.3 Å². The number of ketones is 1. The molecule has 0 amide bonds. The Kier molecular flexibility index (Phi) is 5.46. The van der Waals surface area contributed by atoms with Crippen LogP contribution in [0.5, 0.6) is 11.5 Å². The van der Waals surface area contributed by atoms with E-state index in [1.54, 1.807) is 13.0 Å². The summed E-state index contributed by atoms with van der Waals surface area (Å²) in [6.45, 7) is 3.83. The van der Waals surface area contributed by atoms with Gasteiger partial charge in [0.05, 0.1) is 5.56 Å². The van der Waals surface area contributed by atoms with E-state index in [-0.39, 0.29) is 6.79 Å². The number of hydrogen-bond donors (Lipinski definition) is 0. The molecule has 0 spiro atoms. The van der Waals surface area contributed by atoms with Gasteiger partial charge in [-0.05, 0) is 49.7 Å². The number of aryl methyl sites for hydroxylation is 1. The average Bonchev–Trinajstić information content (AvgIpc) is 3.31. The molecule has 1 aliphatic rings. The van der Waals surface area contributed by atoms with E-state index in [1.165, 1.54) is 0 Å². The van der Waals surface area contributed by atoms with Crippen LogP contribution in [0.25, 0.3) is 0 Å². The normalized spacial score (nSPS) is 12.1. The summed E-state index contributed by atoms with van der Waals surface area (Å²) in [7, 11) is 0. The third-order valence-corrected chi connectivity index (χ3v) is 5.14. The van der Waals surface area contributed by atoms with Crippen LogP contribution in [0.1, 0.15) is 37.7 Å². The highest BCUT2D eigenvalue weighted by Crippen LogP contribution is 2.33. The third kappa shape index (κ3) is 4.14. The van der Waals surface area contributed by atoms with E-state index in [9.17, 15) is 18.4 Å². The molecule has 160 valence electrons. The fraction of sp³-hybridized carbons (Fsp3) is 0.217. The summed E-state index contributed by atoms with van der Waals surface area (Å²) in [6, 6.07) is 9.89. The van der Waals surface area contributed by atoms with Gasteiger partial charge in [0.2, 0.25) is 12.6 Å².